The van der Waals surface area contributed by atoms with Gasteiger partial charge in [-0.15, -0.1) is 0 Å². The first-order chi connectivity index (χ1) is 13.5. The molecule has 0 radical (unpaired) electrons. The highest BCUT2D eigenvalue weighted by atomic mass is 32.2. The van der Waals surface area contributed by atoms with Crippen LogP contribution in [0.4, 0.5) is 10.5 Å². The van der Waals surface area contributed by atoms with Gasteiger partial charge in [-0.2, -0.15) is 5.10 Å². The first-order valence-electron chi connectivity index (χ1n) is 9.03. The van der Waals surface area contributed by atoms with Crippen molar-refractivity contribution in [2.24, 2.45) is 0 Å². The number of esters is 1. The third-order valence-electron chi connectivity index (χ3n) is 4.33. The molecule has 28 heavy (non-hydrogen) atoms. The lowest BCUT2D eigenvalue weighted by atomic mass is 10.2. The Morgan fingerprint density at radius 1 is 1.36 bits per heavy atom. The van der Waals surface area contributed by atoms with Gasteiger partial charge in [-0.3, -0.25) is 9.59 Å². The molecule has 0 atom stereocenters. The zero-order valence-corrected chi connectivity index (χ0v) is 16.6. The summed E-state index contributed by atoms with van der Waals surface area (Å²) in [5, 5.41) is 7.14. The minimum Gasteiger partial charge on any atom is -0.462 e. The smallest absolute Gasteiger partial charge is 0.341 e. The van der Waals surface area contributed by atoms with Crippen LogP contribution in [0.2, 0.25) is 0 Å². The number of amides is 2. The van der Waals surface area contributed by atoms with E-state index in [0.29, 0.717) is 36.6 Å². The summed E-state index contributed by atoms with van der Waals surface area (Å²) >= 11 is 1.28. The molecule has 1 aromatic carbocycles. The van der Waals surface area contributed by atoms with E-state index in [-0.39, 0.29) is 17.6 Å². The largest absolute Gasteiger partial charge is 0.462 e. The van der Waals surface area contributed by atoms with Gasteiger partial charge in [-0.25, -0.2) is 9.48 Å². The lowest BCUT2D eigenvalue weighted by Gasteiger charge is -2.14. The van der Waals surface area contributed by atoms with Crippen LogP contribution in [0.25, 0.3) is 5.69 Å². The number of hydrogen-bond acceptors (Lipinski definition) is 6. The molecule has 0 spiro atoms. The fourth-order valence-corrected chi connectivity index (χ4v) is 3.73. The summed E-state index contributed by atoms with van der Waals surface area (Å²) in [6, 6.07) is 7.20. The van der Waals surface area contributed by atoms with Crippen molar-refractivity contribution >= 4 is 34.6 Å². The van der Waals surface area contributed by atoms with Crippen molar-refractivity contribution in [3.63, 3.8) is 0 Å². The number of carbonyl (C=O) groups excluding carboxylic acids is 3. The third-order valence-corrected chi connectivity index (χ3v) is 5.23. The van der Waals surface area contributed by atoms with E-state index in [4.69, 9.17) is 4.74 Å². The first-order valence-corrected chi connectivity index (χ1v) is 10.0. The summed E-state index contributed by atoms with van der Waals surface area (Å²) in [6.07, 6.45) is 1.72. The summed E-state index contributed by atoms with van der Waals surface area (Å²) in [5.74, 6) is 0.205. The summed E-state index contributed by atoms with van der Waals surface area (Å²) < 4.78 is 6.66. The second-order valence-electron chi connectivity index (χ2n) is 6.23. The molecule has 1 aliphatic rings. The maximum atomic E-state index is 12.2. The van der Waals surface area contributed by atoms with Crippen LogP contribution in [0.5, 0.6) is 0 Å². The van der Waals surface area contributed by atoms with Gasteiger partial charge in [-0.05, 0) is 32.0 Å². The van der Waals surface area contributed by atoms with E-state index in [1.54, 1.807) is 41.6 Å². The van der Waals surface area contributed by atoms with Gasteiger partial charge in [0.25, 0.3) is 5.24 Å². The minimum absolute atomic E-state index is 0.0290. The molecule has 1 aromatic heterocycles. The van der Waals surface area contributed by atoms with Crippen LogP contribution in [0.15, 0.2) is 30.5 Å². The number of anilines is 1. The monoisotopic (exact) mass is 402 g/mol. The van der Waals surface area contributed by atoms with Crippen molar-refractivity contribution in [1.82, 2.24) is 14.7 Å². The van der Waals surface area contributed by atoms with Gasteiger partial charge in [-0.1, -0.05) is 17.8 Å². The number of rotatable bonds is 7. The van der Waals surface area contributed by atoms with Crippen LogP contribution < -0.4 is 5.32 Å². The minimum atomic E-state index is -0.412. The number of nitrogens with one attached hydrogen (secondary N) is 1. The normalized spacial score (nSPS) is 13.6. The molecule has 2 heterocycles. The quantitative estimate of drug-likeness (QED) is 0.716. The molecular weight excluding hydrogens is 380 g/mol. The second kappa shape index (κ2) is 8.92. The predicted molar refractivity (Wildman–Crippen MR) is 107 cm³/mol. The average molecular weight is 402 g/mol. The van der Waals surface area contributed by atoms with Gasteiger partial charge in [0, 0.05) is 31.0 Å². The van der Waals surface area contributed by atoms with E-state index < -0.39 is 5.97 Å². The SMILES string of the molecule is CCOC(=O)c1cnn(-c2cccc(NC(=O)CCN3CCSC3=O)c2)c1C. The topological polar surface area (TPSA) is 93.5 Å². The zero-order chi connectivity index (χ0) is 20.1. The molecule has 2 aromatic rings. The molecular formula is C19H22N4O4S. The number of carbonyl (C=O) groups is 3. The van der Waals surface area contributed by atoms with E-state index in [1.807, 2.05) is 6.07 Å². The average Bonchev–Trinajstić information content (AvgIpc) is 3.26. The Balaban J connectivity index is 1.66. The molecule has 0 unspecified atom stereocenters. The Morgan fingerprint density at radius 2 is 2.18 bits per heavy atom. The van der Waals surface area contributed by atoms with E-state index in [2.05, 4.69) is 10.4 Å². The van der Waals surface area contributed by atoms with Crippen molar-refractivity contribution in [2.45, 2.75) is 20.3 Å². The molecule has 8 nitrogen and oxygen atoms in total. The zero-order valence-electron chi connectivity index (χ0n) is 15.8. The van der Waals surface area contributed by atoms with Gasteiger partial charge in [0.15, 0.2) is 0 Å². The summed E-state index contributed by atoms with van der Waals surface area (Å²) in [4.78, 5) is 37.5. The Labute approximate surface area is 167 Å². The van der Waals surface area contributed by atoms with Crippen molar-refractivity contribution < 1.29 is 19.1 Å². The standard InChI is InChI=1S/C19H22N4O4S/c1-3-27-18(25)16-12-20-23(13(16)2)15-6-4-5-14(11-15)21-17(24)7-8-22-9-10-28-19(22)26/h4-6,11-12H,3,7-10H2,1-2H3,(H,21,24). The number of hydrogen-bond donors (Lipinski definition) is 1. The Bertz CT molecular complexity index is 896. The van der Waals surface area contributed by atoms with E-state index >= 15 is 0 Å². The molecule has 1 N–H and O–H groups in total. The third kappa shape index (κ3) is 4.53. The van der Waals surface area contributed by atoms with E-state index in [1.165, 1.54) is 18.0 Å². The van der Waals surface area contributed by atoms with Crippen molar-refractivity contribution in [3.05, 3.63) is 41.7 Å². The molecule has 1 aliphatic heterocycles. The van der Waals surface area contributed by atoms with Gasteiger partial charge < -0.3 is 15.0 Å². The fraction of sp³-hybridized carbons (Fsp3) is 0.368. The molecule has 0 bridgehead atoms. The highest BCUT2D eigenvalue weighted by Crippen LogP contribution is 2.20. The number of nitrogens with zero attached hydrogens (tertiary/aromatic N) is 3. The molecule has 9 heteroatoms. The van der Waals surface area contributed by atoms with E-state index in [0.717, 1.165) is 11.4 Å². The highest BCUT2D eigenvalue weighted by molar-refractivity contribution is 8.13. The van der Waals surface area contributed by atoms with Crippen molar-refractivity contribution in [1.29, 1.82) is 0 Å². The second-order valence-corrected chi connectivity index (χ2v) is 7.27. The molecule has 0 saturated carbocycles. The molecule has 0 aliphatic carbocycles. The van der Waals surface area contributed by atoms with Crippen LogP contribution >= 0.6 is 11.8 Å². The van der Waals surface area contributed by atoms with Gasteiger partial charge in [0.1, 0.15) is 5.56 Å². The van der Waals surface area contributed by atoms with Gasteiger partial charge in [0.05, 0.1) is 24.2 Å². The Morgan fingerprint density at radius 3 is 2.89 bits per heavy atom. The van der Waals surface area contributed by atoms with E-state index in [9.17, 15) is 14.4 Å². The maximum Gasteiger partial charge on any atom is 0.341 e. The molecule has 2 amide bonds. The lowest BCUT2D eigenvalue weighted by molar-refractivity contribution is -0.116. The maximum absolute atomic E-state index is 12.2. The van der Waals surface area contributed by atoms with Crippen molar-refractivity contribution in [2.75, 3.05) is 30.8 Å². The molecule has 3 rings (SSSR count). The number of aromatic nitrogens is 2. The van der Waals surface area contributed by atoms with Crippen molar-refractivity contribution in [3.8, 4) is 5.69 Å². The fourth-order valence-electron chi connectivity index (χ4n) is 2.88. The van der Waals surface area contributed by atoms with Crippen LogP contribution in [0.3, 0.4) is 0 Å². The van der Waals surface area contributed by atoms with Crippen LogP contribution in [-0.4, -0.2) is 57.2 Å². The molecule has 1 saturated heterocycles. The first kappa shape index (κ1) is 19.9. The van der Waals surface area contributed by atoms with Crippen LogP contribution in [0.1, 0.15) is 29.4 Å². The van der Waals surface area contributed by atoms with Crippen LogP contribution in [-0.2, 0) is 9.53 Å². The van der Waals surface area contributed by atoms with Gasteiger partial charge >= 0.3 is 5.97 Å². The Hall–Kier alpha value is -2.81. The van der Waals surface area contributed by atoms with Gasteiger partial charge in [0.2, 0.25) is 5.91 Å². The van der Waals surface area contributed by atoms with Crippen LogP contribution in [0, 0.1) is 6.92 Å². The Kier molecular flexibility index (Phi) is 6.35. The number of thioether (sulfide) groups is 1. The molecule has 148 valence electrons. The lowest BCUT2D eigenvalue weighted by Crippen LogP contribution is -2.27. The number of ether oxygens (including phenoxy) is 1. The summed E-state index contributed by atoms with van der Waals surface area (Å²) in [6.45, 7) is 4.94. The summed E-state index contributed by atoms with van der Waals surface area (Å²) in [7, 11) is 0. The predicted octanol–water partition coefficient (Wildman–Crippen LogP) is 2.85. The highest BCUT2D eigenvalue weighted by Gasteiger charge is 2.21. The molecule has 1 fully saturated rings. The summed E-state index contributed by atoms with van der Waals surface area (Å²) in [5.41, 5.74) is 2.41. The number of benzene rings is 1.